The Kier molecular flexibility index (Phi) is 4.76. The number of halogens is 1. The first kappa shape index (κ1) is 12.5. The second-order valence-corrected chi connectivity index (χ2v) is 3.69. The molecule has 3 N–H and O–H groups in total. The highest BCUT2D eigenvalue weighted by molar-refractivity contribution is 5.78. The molecule has 0 fully saturated rings. The third kappa shape index (κ3) is 3.88. The predicted octanol–water partition coefficient (Wildman–Crippen LogP) is 2.20. The van der Waals surface area contributed by atoms with E-state index in [-0.39, 0.29) is 11.9 Å². The highest BCUT2D eigenvalue weighted by Gasteiger charge is 2.06. The Morgan fingerprint density at radius 2 is 2.31 bits per heavy atom. The minimum absolute atomic E-state index is 0.0451. The highest BCUT2D eigenvalue weighted by Crippen LogP contribution is 2.12. The largest absolute Gasteiger partial charge is 0.370 e. The van der Waals surface area contributed by atoms with E-state index in [0.29, 0.717) is 12.5 Å². The number of nitrogens with one attached hydrogen (secondary N) is 1. The molecule has 1 aromatic carbocycles. The molecule has 4 heteroatoms. The minimum Gasteiger partial charge on any atom is -0.370 e. The zero-order chi connectivity index (χ0) is 12.0. The van der Waals surface area contributed by atoms with Crippen LogP contribution in [-0.4, -0.2) is 12.5 Å². The number of hydrogen-bond donors (Lipinski definition) is 2. The van der Waals surface area contributed by atoms with Gasteiger partial charge in [0.25, 0.3) is 0 Å². The molecule has 1 atom stereocenters. The van der Waals surface area contributed by atoms with E-state index in [1.165, 1.54) is 12.1 Å². The Morgan fingerprint density at radius 1 is 1.56 bits per heavy atom. The molecule has 1 aromatic rings. The average molecular weight is 223 g/mol. The van der Waals surface area contributed by atoms with E-state index in [1.807, 2.05) is 19.9 Å². The lowest BCUT2D eigenvalue weighted by Crippen LogP contribution is -2.34. The van der Waals surface area contributed by atoms with E-state index in [2.05, 4.69) is 10.3 Å². The lowest BCUT2D eigenvalue weighted by Gasteiger charge is -2.14. The van der Waals surface area contributed by atoms with Gasteiger partial charge in [0, 0.05) is 6.54 Å². The van der Waals surface area contributed by atoms with Crippen molar-refractivity contribution >= 4 is 5.96 Å². The van der Waals surface area contributed by atoms with Crippen molar-refractivity contribution in [3.05, 3.63) is 35.6 Å². The Bertz CT molecular complexity index is 363. The SMILES string of the molecule is CCCN=C(N)NC(C)c1cccc(F)c1. The van der Waals surface area contributed by atoms with Crippen molar-refractivity contribution in [1.29, 1.82) is 0 Å². The van der Waals surface area contributed by atoms with Crippen molar-refractivity contribution < 1.29 is 4.39 Å². The average Bonchev–Trinajstić information content (AvgIpc) is 2.26. The maximum Gasteiger partial charge on any atom is 0.189 e. The van der Waals surface area contributed by atoms with Gasteiger partial charge < -0.3 is 11.1 Å². The van der Waals surface area contributed by atoms with Crippen LogP contribution in [0.2, 0.25) is 0 Å². The van der Waals surface area contributed by atoms with Gasteiger partial charge >= 0.3 is 0 Å². The van der Waals surface area contributed by atoms with Crippen molar-refractivity contribution in [2.75, 3.05) is 6.54 Å². The van der Waals surface area contributed by atoms with Crippen LogP contribution in [0, 0.1) is 5.82 Å². The van der Waals surface area contributed by atoms with Crippen LogP contribution >= 0.6 is 0 Å². The van der Waals surface area contributed by atoms with Crippen LogP contribution in [-0.2, 0) is 0 Å². The zero-order valence-corrected chi connectivity index (χ0v) is 9.70. The summed E-state index contributed by atoms with van der Waals surface area (Å²) in [5.74, 6) is 0.161. The van der Waals surface area contributed by atoms with Crippen LogP contribution in [0.25, 0.3) is 0 Å². The highest BCUT2D eigenvalue weighted by atomic mass is 19.1. The third-order valence-electron chi connectivity index (χ3n) is 2.22. The summed E-state index contributed by atoms with van der Waals surface area (Å²) in [6.07, 6.45) is 0.955. The van der Waals surface area contributed by atoms with Gasteiger partial charge in [0.15, 0.2) is 5.96 Å². The minimum atomic E-state index is -0.241. The van der Waals surface area contributed by atoms with E-state index in [0.717, 1.165) is 12.0 Å². The molecule has 1 rings (SSSR count). The standard InChI is InChI=1S/C12H18FN3/c1-3-7-15-12(14)16-9(2)10-5-4-6-11(13)8-10/h4-6,8-9H,3,7H2,1-2H3,(H3,14,15,16). The maximum absolute atomic E-state index is 13.0. The molecule has 3 nitrogen and oxygen atoms in total. The fourth-order valence-corrected chi connectivity index (χ4v) is 1.36. The van der Waals surface area contributed by atoms with Crippen LogP contribution in [0.1, 0.15) is 31.9 Å². The molecular weight excluding hydrogens is 205 g/mol. The van der Waals surface area contributed by atoms with Gasteiger partial charge in [-0.3, -0.25) is 4.99 Å². The van der Waals surface area contributed by atoms with E-state index >= 15 is 0 Å². The maximum atomic E-state index is 13.0. The Hall–Kier alpha value is -1.58. The number of nitrogens with two attached hydrogens (primary N) is 1. The zero-order valence-electron chi connectivity index (χ0n) is 9.70. The molecule has 0 radical (unpaired) electrons. The summed E-state index contributed by atoms with van der Waals surface area (Å²) in [4.78, 5) is 4.12. The van der Waals surface area contributed by atoms with Crippen molar-refractivity contribution in [1.82, 2.24) is 5.32 Å². The topological polar surface area (TPSA) is 50.4 Å². The van der Waals surface area contributed by atoms with E-state index in [9.17, 15) is 4.39 Å². The lowest BCUT2D eigenvalue weighted by atomic mass is 10.1. The third-order valence-corrected chi connectivity index (χ3v) is 2.22. The van der Waals surface area contributed by atoms with E-state index in [4.69, 9.17) is 5.73 Å². The summed E-state index contributed by atoms with van der Waals surface area (Å²) in [6, 6.07) is 6.40. The van der Waals surface area contributed by atoms with Gasteiger partial charge in [-0.05, 0) is 31.0 Å². The van der Waals surface area contributed by atoms with Gasteiger partial charge in [-0.25, -0.2) is 4.39 Å². The molecule has 0 aliphatic carbocycles. The van der Waals surface area contributed by atoms with Gasteiger partial charge in [0.05, 0.1) is 6.04 Å². The summed E-state index contributed by atoms with van der Waals surface area (Å²) in [5.41, 5.74) is 6.54. The normalized spacial score (nSPS) is 13.6. The molecule has 0 amide bonds. The molecule has 1 unspecified atom stereocenters. The van der Waals surface area contributed by atoms with Gasteiger partial charge in [0.1, 0.15) is 5.82 Å². The Morgan fingerprint density at radius 3 is 2.94 bits per heavy atom. The van der Waals surface area contributed by atoms with Crippen LogP contribution in [0.4, 0.5) is 4.39 Å². The van der Waals surface area contributed by atoms with E-state index in [1.54, 1.807) is 6.07 Å². The second-order valence-electron chi connectivity index (χ2n) is 3.69. The van der Waals surface area contributed by atoms with Gasteiger partial charge in [-0.2, -0.15) is 0 Å². The number of rotatable bonds is 4. The van der Waals surface area contributed by atoms with Crippen molar-refractivity contribution in [3.8, 4) is 0 Å². The van der Waals surface area contributed by atoms with E-state index < -0.39 is 0 Å². The summed E-state index contributed by atoms with van der Waals surface area (Å²) < 4.78 is 13.0. The van der Waals surface area contributed by atoms with Gasteiger partial charge in [-0.15, -0.1) is 0 Å². The molecule has 0 spiro atoms. The molecule has 0 heterocycles. The monoisotopic (exact) mass is 223 g/mol. The van der Waals surface area contributed by atoms with Crippen LogP contribution in [0.15, 0.2) is 29.3 Å². The number of aliphatic imine (C=N–C) groups is 1. The van der Waals surface area contributed by atoms with Crippen LogP contribution in [0.5, 0.6) is 0 Å². The first-order valence-electron chi connectivity index (χ1n) is 5.45. The molecule has 0 saturated heterocycles. The molecule has 0 aliphatic rings. The fraction of sp³-hybridized carbons (Fsp3) is 0.417. The van der Waals surface area contributed by atoms with Crippen molar-refractivity contribution in [2.45, 2.75) is 26.3 Å². The smallest absolute Gasteiger partial charge is 0.189 e. The number of hydrogen-bond acceptors (Lipinski definition) is 1. The molecular formula is C12H18FN3. The predicted molar refractivity (Wildman–Crippen MR) is 64.7 cm³/mol. The van der Waals surface area contributed by atoms with Gasteiger partial charge in [-0.1, -0.05) is 19.1 Å². The van der Waals surface area contributed by atoms with Crippen LogP contribution in [0.3, 0.4) is 0 Å². The number of benzene rings is 1. The summed E-state index contributed by atoms with van der Waals surface area (Å²) in [5, 5.41) is 3.02. The second kappa shape index (κ2) is 6.10. The molecule has 16 heavy (non-hydrogen) atoms. The summed E-state index contributed by atoms with van der Waals surface area (Å²) in [6.45, 7) is 4.66. The molecule has 0 saturated carbocycles. The number of nitrogens with zero attached hydrogens (tertiary/aromatic N) is 1. The van der Waals surface area contributed by atoms with Gasteiger partial charge in [0.2, 0.25) is 0 Å². The molecule has 0 aromatic heterocycles. The lowest BCUT2D eigenvalue weighted by molar-refractivity contribution is 0.617. The quantitative estimate of drug-likeness (QED) is 0.607. The van der Waals surface area contributed by atoms with Crippen molar-refractivity contribution in [3.63, 3.8) is 0 Å². The Labute approximate surface area is 95.6 Å². The van der Waals surface area contributed by atoms with Crippen molar-refractivity contribution in [2.24, 2.45) is 10.7 Å². The Balaban J connectivity index is 2.61. The molecule has 0 aliphatic heterocycles. The number of guanidine groups is 1. The summed E-state index contributed by atoms with van der Waals surface area (Å²) in [7, 11) is 0. The summed E-state index contributed by atoms with van der Waals surface area (Å²) >= 11 is 0. The molecule has 88 valence electrons. The first-order chi connectivity index (χ1) is 7.63. The fourth-order valence-electron chi connectivity index (χ4n) is 1.36. The molecule has 0 bridgehead atoms. The first-order valence-corrected chi connectivity index (χ1v) is 5.45. The van der Waals surface area contributed by atoms with Crippen LogP contribution < -0.4 is 11.1 Å².